The van der Waals surface area contributed by atoms with Crippen LogP contribution >= 0.6 is 0 Å². The van der Waals surface area contributed by atoms with E-state index in [9.17, 15) is 19.2 Å². The highest BCUT2D eigenvalue weighted by Gasteiger charge is 2.23. The van der Waals surface area contributed by atoms with Crippen molar-refractivity contribution in [2.24, 2.45) is 5.73 Å². The largest absolute Gasteiger partial charge is 0.481 e. The molecule has 1 aromatic carbocycles. The molecule has 0 aliphatic carbocycles. The Kier molecular flexibility index (Phi) is 5.24. The number of hydrogen-bond acceptors (Lipinski definition) is 4. The van der Waals surface area contributed by atoms with Crippen LogP contribution in [0.1, 0.15) is 16.8 Å². The van der Waals surface area contributed by atoms with Crippen LogP contribution < -0.4 is 16.4 Å². The number of carbonyl (C=O) groups is 4. The van der Waals surface area contributed by atoms with Crippen LogP contribution in [-0.4, -0.2) is 40.1 Å². The molecule has 1 unspecified atom stereocenters. The zero-order chi connectivity index (χ0) is 16.0. The fourth-order valence-electron chi connectivity index (χ4n) is 1.46. The van der Waals surface area contributed by atoms with Gasteiger partial charge >= 0.3 is 18.0 Å². The molecule has 1 aromatic rings. The maximum Gasteiger partial charge on any atom is 0.326 e. The number of urea groups is 1. The Hall–Kier alpha value is -3.10. The molecular weight excluding hydrogens is 282 g/mol. The summed E-state index contributed by atoms with van der Waals surface area (Å²) in [5.41, 5.74) is 5.39. The van der Waals surface area contributed by atoms with Gasteiger partial charge in [0.1, 0.15) is 6.04 Å². The van der Waals surface area contributed by atoms with E-state index < -0.39 is 36.3 Å². The van der Waals surface area contributed by atoms with Crippen LogP contribution in [0.5, 0.6) is 0 Å². The highest BCUT2D eigenvalue weighted by atomic mass is 16.4. The average molecular weight is 295 g/mol. The molecule has 9 nitrogen and oxygen atoms in total. The fraction of sp³-hybridized carbons (Fsp3) is 0.167. The van der Waals surface area contributed by atoms with E-state index in [1.165, 1.54) is 24.3 Å². The van der Waals surface area contributed by atoms with Gasteiger partial charge in [-0.05, 0) is 24.3 Å². The number of primary amides is 1. The van der Waals surface area contributed by atoms with Crippen molar-refractivity contribution in [3.05, 3.63) is 29.8 Å². The van der Waals surface area contributed by atoms with Crippen LogP contribution in [0.3, 0.4) is 0 Å². The summed E-state index contributed by atoms with van der Waals surface area (Å²) < 4.78 is 0. The summed E-state index contributed by atoms with van der Waals surface area (Å²) in [6.07, 6.45) is -0.734. The van der Waals surface area contributed by atoms with Gasteiger partial charge in [0.15, 0.2) is 0 Å². The van der Waals surface area contributed by atoms with E-state index in [0.717, 1.165) is 0 Å². The smallest absolute Gasteiger partial charge is 0.326 e. The van der Waals surface area contributed by atoms with Crippen LogP contribution in [-0.2, 0) is 9.59 Å². The van der Waals surface area contributed by atoms with Crippen molar-refractivity contribution < 1.29 is 29.4 Å². The van der Waals surface area contributed by atoms with E-state index in [4.69, 9.17) is 15.9 Å². The summed E-state index contributed by atoms with van der Waals surface area (Å²) in [6, 6.07) is 3.16. The number of benzene rings is 1. The highest BCUT2D eigenvalue weighted by molar-refractivity contribution is 5.98. The lowest BCUT2D eigenvalue weighted by atomic mass is 10.1. The Morgan fingerprint density at radius 3 is 2.10 bits per heavy atom. The lowest BCUT2D eigenvalue weighted by Crippen LogP contribution is -2.42. The summed E-state index contributed by atoms with van der Waals surface area (Å²) in [4.78, 5) is 43.8. The van der Waals surface area contributed by atoms with E-state index in [2.05, 4.69) is 10.6 Å². The normalized spacial score (nSPS) is 11.2. The zero-order valence-corrected chi connectivity index (χ0v) is 10.7. The Morgan fingerprint density at radius 2 is 1.67 bits per heavy atom. The Morgan fingerprint density at radius 1 is 1.10 bits per heavy atom. The molecular formula is C12H13N3O6. The molecule has 0 fully saturated rings. The maximum absolute atomic E-state index is 11.8. The van der Waals surface area contributed by atoms with Gasteiger partial charge in [-0.15, -0.1) is 0 Å². The van der Waals surface area contributed by atoms with E-state index in [1.54, 1.807) is 0 Å². The minimum atomic E-state index is -1.53. The van der Waals surface area contributed by atoms with Crippen molar-refractivity contribution in [3.63, 3.8) is 0 Å². The van der Waals surface area contributed by atoms with Gasteiger partial charge in [0.25, 0.3) is 5.91 Å². The molecule has 21 heavy (non-hydrogen) atoms. The van der Waals surface area contributed by atoms with Crippen LogP contribution in [0.4, 0.5) is 10.5 Å². The lowest BCUT2D eigenvalue weighted by Gasteiger charge is -2.12. The number of rotatable bonds is 6. The minimum Gasteiger partial charge on any atom is -0.481 e. The first-order chi connectivity index (χ1) is 9.79. The number of aliphatic carboxylic acids is 2. The molecule has 0 saturated carbocycles. The Bertz CT molecular complexity index is 569. The first-order valence-electron chi connectivity index (χ1n) is 5.71. The predicted octanol–water partition coefficient (Wildman–Crippen LogP) is -0.165. The van der Waals surface area contributed by atoms with Gasteiger partial charge in [-0.2, -0.15) is 0 Å². The zero-order valence-electron chi connectivity index (χ0n) is 10.7. The molecule has 0 aromatic heterocycles. The first-order valence-corrected chi connectivity index (χ1v) is 5.71. The molecule has 1 rings (SSSR count). The van der Waals surface area contributed by atoms with Crippen molar-refractivity contribution in [1.82, 2.24) is 5.32 Å². The van der Waals surface area contributed by atoms with Crippen LogP contribution in [0.25, 0.3) is 0 Å². The van der Waals surface area contributed by atoms with Crippen LogP contribution in [0.2, 0.25) is 0 Å². The second-order valence-corrected chi connectivity index (χ2v) is 4.03. The quantitative estimate of drug-likeness (QED) is 0.490. The first kappa shape index (κ1) is 16.0. The molecule has 0 aliphatic rings. The second-order valence-electron chi connectivity index (χ2n) is 4.03. The van der Waals surface area contributed by atoms with Crippen LogP contribution in [0, 0.1) is 0 Å². The van der Waals surface area contributed by atoms with Crippen LogP contribution in [0.15, 0.2) is 24.3 Å². The molecule has 0 spiro atoms. The summed E-state index contributed by atoms with van der Waals surface area (Å²) in [7, 11) is 0. The minimum absolute atomic E-state index is 0.113. The molecule has 112 valence electrons. The standard InChI is InChI=1S/C12H13N3O6/c13-12(21)14-7-3-1-6(2-4-7)10(18)15-8(11(19)20)5-9(16)17/h1-4,8H,5H2,(H,15,18)(H,16,17)(H,19,20)(H3,13,14,21). The van der Waals surface area contributed by atoms with Crippen molar-refractivity contribution in [2.45, 2.75) is 12.5 Å². The maximum atomic E-state index is 11.8. The number of carbonyl (C=O) groups excluding carboxylic acids is 2. The average Bonchev–Trinajstić information content (AvgIpc) is 2.37. The van der Waals surface area contributed by atoms with E-state index in [-0.39, 0.29) is 5.56 Å². The predicted molar refractivity (Wildman–Crippen MR) is 70.8 cm³/mol. The van der Waals surface area contributed by atoms with Gasteiger partial charge in [0, 0.05) is 11.3 Å². The highest BCUT2D eigenvalue weighted by Crippen LogP contribution is 2.09. The van der Waals surface area contributed by atoms with E-state index in [1.807, 2.05) is 0 Å². The van der Waals surface area contributed by atoms with Gasteiger partial charge in [-0.25, -0.2) is 9.59 Å². The third kappa shape index (κ3) is 5.19. The topological polar surface area (TPSA) is 159 Å². The van der Waals surface area contributed by atoms with Crippen molar-refractivity contribution in [1.29, 1.82) is 0 Å². The molecule has 0 aliphatic heterocycles. The molecule has 0 saturated heterocycles. The molecule has 9 heteroatoms. The number of carboxylic acid groups (broad SMARTS) is 2. The van der Waals surface area contributed by atoms with Gasteiger partial charge in [0.2, 0.25) is 0 Å². The summed E-state index contributed by atoms with van der Waals surface area (Å²) >= 11 is 0. The molecule has 0 bridgehead atoms. The van der Waals surface area contributed by atoms with Gasteiger partial charge in [0.05, 0.1) is 6.42 Å². The van der Waals surface area contributed by atoms with E-state index in [0.29, 0.717) is 5.69 Å². The van der Waals surface area contributed by atoms with Gasteiger partial charge < -0.3 is 26.6 Å². The number of nitrogens with two attached hydrogens (primary N) is 1. The number of carboxylic acids is 2. The molecule has 1 atom stereocenters. The molecule has 0 radical (unpaired) electrons. The van der Waals surface area contributed by atoms with Crippen molar-refractivity contribution in [2.75, 3.05) is 5.32 Å². The molecule has 6 N–H and O–H groups in total. The van der Waals surface area contributed by atoms with Crippen molar-refractivity contribution in [3.8, 4) is 0 Å². The number of amides is 3. The van der Waals surface area contributed by atoms with Gasteiger partial charge in [-0.3, -0.25) is 9.59 Å². The van der Waals surface area contributed by atoms with E-state index >= 15 is 0 Å². The fourth-order valence-corrected chi connectivity index (χ4v) is 1.46. The lowest BCUT2D eigenvalue weighted by molar-refractivity contribution is -0.145. The summed E-state index contributed by atoms with van der Waals surface area (Å²) in [5.74, 6) is -3.53. The molecule has 0 heterocycles. The number of nitrogens with one attached hydrogen (secondary N) is 2. The summed E-state index contributed by atoms with van der Waals surface area (Å²) in [5, 5.41) is 21.8. The third-order valence-electron chi connectivity index (χ3n) is 2.40. The van der Waals surface area contributed by atoms with Gasteiger partial charge in [-0.1, -0.05) is 0 Å². The number of anilines is 1. The SMILES string of the molecule is NC(=O)Nc1ccc(C(=O)NC(CC(=O)O)C(=O)O)cc1. The third-order valence-corrected chi connectivity index (χ3v) is 2.40. The molecule has 3 amide bonds. The Balaban J connectivity index is 2.76. The van der Waals surface area contributed by atoms with Crippen molar-refractivity contribution >= 4 is 29.6 Å². The monoisotopic (exact) mass is 295 g/mol. The Labute approximate surface area is 118 Å². The number of hydrogen-bond donors (Lipinski definition) is 5. The summed E-state index contributed by atoms with van der Waals surface area (Å²) in [6.45, 7) is 0. The second kappa shape index (κ2) is 6.89.